The van der Waals surface area contributed by atoms with Crippen LogP contribution in [0.25, 0.3) is 0 Å². The summed E-state index contributed by atoms with van der Waals surface area (Å²) in [5, 5.41) is 26.5. The van der Waals surface area contributed by atoms with E-state index in [1.54, 1.807) is 31.4 Å². The van der Waals surface area contributed by atoms with Gasteiger partial charge in [0.15, 0.2) is 0 Å². The minimum Gasteiger partial charge on any atom is -0.352 e. The van der Waals surface area contributed by atoms with Gasteiger partial charge in [-0.2, -0.15) is 20.8 Å². The van der Waals surface area contributed by atoms with E-state index in [4.69, 9.17) is 15.3 Å². The third-order valence-corrected chi connectivity index (χ3v) is 3.89. The highest BCUT2D eigenvalue weighted by Gasteiger charge is 2.26. The number of hydrogen-bond acceptors (Lipinski definition) is 5. The van der Waals surface area contributed by atoms with Gasteiger partial charge in [0.2, 0.25) is 5.72 Å². The van der Waals surface area contributed by atoms with Crippen molar-refractivity contribution in [1.29, 1.82) is 10.5 Å². The first kappa shape index (κ1) is 17.3. The van der Waals surface area contributed by atoms with Gasteiger partial charge in [0.25, 0.3) is 0 Å². The van der Waals surface area contributed by atoms with Crippen LogP contribution < -0.4 is 0 Å². The fraction of sp³-hybridized carbons (Fsp3) is 0.263. The maximum Gasteiger partial charge on any atom is 0.201 e. The quantitative estimate of drug-likeness (QED) is 0.763. The van der Waals surface area contributed by atoms with Crippen LogP contribution in [0, 0.1) is 22.7 Å². The number of nitrogens with zero attached hydrogens (tertiary/aromatic N) is 4. The van der Waals surface area contributed by atoms with E-state index < -0.39 is 5.72 Å². The van der Waals surface area contributed by atoms with Gasteiger partial charge in [-0.1, -0.05) is 24.3 Å². The Labute approximate surface area is 141 Å². The van der Waals surface area contributed by atoms with Crippen LogP contribution in [-0.4, -0.2) is 7.11 Å². The lowest BCUT2D eigenvalue weighted by Crippen LogP contribution is -2.21. The molecule has 0 aliphatic heterocycles. The molecule has 0 radical (unpaired) electrons. The Morgan fingerprint density at radius 1 is 0.958 bits per heavy atom. The fourth-order valence-electron chi connectivity index (χ4n) is 2.17. The van der Waals surface area contributed by atoms with Gasteiger partial charge in [0.05, 0.1) is 29.3 Å². The minimum atomic E-state index is -0.922. The van der Waals surface area contributed by atoms with E-state index in [1.807, 2.05) is 38.1 Å². The van der Waals surface area contributed by atoms with E-state index >= 15 is 0 Å². The molecule has 2 unspecified atom stereocenters. The van der Waals surface area contributed by atoms with Gasteiger partial charge in [-0.05, 0) is 43.7 Å². The van der Waals surface area contributed by atoms with Crippen molar-refractivity contribution in [2.45, 2.75) is 25.6 Å². The predicted octanol–water partition coefficient (Wildman–Crippen LogP) is 4.46. The van der Waals surface area contributed by atoms with Gasteiger partial charge in [0, 0.05) is 12.7 Å². The topological polar surface area (TPSA) is 81.5 Å². The number of methoxy groups -OCH3 is 1. The molecule has 120 valence electrons. The summed E-state index contributed by atoms with van der Waals surface area (Å²) in [6.45, 7) is 3.75. The van der Waals surface area contributed by atoms with Crippen molar-refractivity contribution in [2.24, 2.45) is 10.2 Å². The van der Waals surface area contributed by atoms with E-state index in [0.29, 0.717) is 11.1 Å². The summed E-state index contributed by atoms with van der Waals surface area (Å²) in [6, 6.07) is 18.4. The molecule has 0 aliphatic carbocycles. The van der Waals surface area contributed by atoms with Crippen molar-refractivity contribution < 1.29 is 4.74 Å². The van der Waals surface area contributed by atoms with Crippen LogP contribution in [0.15, 0.2) is 58.8 Å². The zero-order valence-electron chi connectivity index (χ0n) is 13.9. The third kappa shape index (κ3) is 3.84. The van der Waals surface area contributed by atoms with Crippen molar-refractivity contribution in [3.8, 4) is 12.1 Å². The van der Waals surface area contributed by atoms with Crippen LogP contribution in [0.1, 0.15) is 42.1 Å². The molecule has 2 rings (SSSR count). The lowest BCUT2D eigenvalue weighted by Gasteiger charge is -2.23. The highest BCUT2D eigenvalue weighted by Crippen LogP contribution is 2.29. The van der Waals surface area contributed by atoms with Crippen LogP contribution in [0.5, 0.6) is 0 Å². The lowest BCUT2D eigenvalue weighted by atomic mass is 10.0. The molecule has 0 saturated heterocycles. The monoisotopic (exact) mass is 318 g/mol. The second-order valence-electron chi connectivity index (χ2n) is 5.50. The molecule has 0 heterocycles. The van der Waals surface area contributed by atoms with Crippen molar-refractivity contribution in [1.82, 2.24) is 0 Å². The number of hydrogen-bond donors (Lipinski definition) is 0. The van der Waals surface area contributed by atoms with Crippen molar-refractivity contribution in [3.63, 3.8) is 0 Å². The van der Waals surface area contributed by atoms with Gasteiger partial charge >= 0.3 is 0 Å². The summed E-state index contributed by atoms with van der Waals surface area (Å²) in [6.07, 6.45) is 0. The molecule has 0 aromatic heterocycles. The standard InChI is InChI=1S/C19H18N4O/c1-14(17-8-4-15(12-20)5-9-17)22-23-19(2,24-3)18-10-6-16(13-21)7-11-18/h4-11,14H,1-3H3/b23-22+. The summed E-state index contributed by atoms with van der Waals surface area (Å²) in [5.74, 6) is 0. The summed E-state index contributed by atoms with van der Waals surface area (Å²) in [5.41, 5.74) is 2.06. The van der Waals surface area contributed by atoms with Crippen LogP contribution in [0.4, 0.5) is 0 Å². The van der Waals surface area contributed by atoms with Gasteiger partial charge in [0.1, 0.15) is 0 Å². The number of azo groups is 1. The Balaban J connectivity index is 2.21. The highest BCUT2D eigenvalue weighted by molar-refractivity contribution is 5.34. The van der Waals surface area contributed by atoms with Crippen LogP contribution in [-0.2, 0) is 10.5 Å². The Morgan fingerprint density at radius 2 is 1.46 bits per heavy atom. The predicted molar refractivity (Wildman–Crippen MR) is 89.9 cm³/mol. The van der Waals surface area contributed by atoms with E-state index in [-0.39, 0.29) is 6.04 Å². The molecule has 5 nitrogen and oxygen atoms in total. The molecule has 2 aromatic rings. The Morgan fingerprint density at radius 3 is 1.92 bits per heavy atom. The normalized spacial score (nSPS) is 14.5. The molecule has 0 spiro atoms. The SMILES string of the molecule is COC(C)(/N=N/C(C)c1ccc(C#N)cc1)c1ccc(C#N)cc1. The van der Waals surface area contributed by atoms with Crippen molar-refractivity contribution in [2.75, 3.05) is 7.11 Å². The summed E-state index contributed by atoms with van der Waals surface area (Å²) in [4.78, 5) is 0. The molecule has 5 heteroatoms. The zero-order valence-corrected chi connectivity index (χ0v) is 13.9. The first-order valence-corrected chi connectivity index (χ1v) is 7.50. The molecular formula is C19H18N4O. The first-order valence-electron chi connectivity index (χ1n) is 7.50. The second-order valence-corrected chi connectivity index (χ2v) is 5.50. The average Bonchev–Trinajstić information content (AvgIpc) is 2.66. The van der Waals surface area contributed by atoms with Gasteiger partial charge in [-0.15, -0.1) is 0 Å². The highest BCUT2D eigenvalue weighted by atomic mass is 16.5. The first-order chi connectivity index (χ1) is 11.5. The summed E-state index contributed by atoms with van der Waals surface area (Å²) >= 11 is 0. The van der Waals surface area contributed by atoms with Crippen molar-refractivity contribution in [3.05, 3.63) is 70.8 Å². The van der Waals surface area contributed by atoms with E-state index in [1.165, 1.54) is 0 Å². The van der Waals surface area contributed by atoms with Crippen LogP contribution >= 0.6 is 0 Å². The van der Waals surface area contributed by atoms with Gasteiger partial charge < -0.3 is 4.74 Å². The molecule has 0 bridgehead atoms. The zero-order chi connectivity index (χ0) is 17.6. The minimum absolute atomic E-state index is 0.161. The number of benzene rings is 2. The number of ether oxygens (including phenoxy) is 1. The van der Waals surface area contributed by atoms with Gasteiger partial charge in [-0.3, -0.25) is 0 Å². The van der Waals surface area contributed by atoms with E-state index in [9.17, 15) is 0 Å². The third-order valence-electron chi connectivity index (χ3n) is 3.89. The molecular weight excluding hydrogens is 300 g/mol. The maximum atomic E-state index is 8.88. The largest absolute Gasteiger partial charge is 0.352 e. The number of nitriles is 2. The Kier molecular flexibility index (Phi) is 5.42. The molecule has 0 aliphatic rings. The molecule has 0 saturated carbocycles. The molecule has 0 fully saturated rings. The molecule has 2 atom stereocenters. The summed E-state index contributed by atoms with van der Waals surface area (Å²) < 4.78 is 5.53. The molecule has 24 heavy (non-hydrogen) atoms. The molecule has 0 amide bonds. The molecule has 0 N–H and O–H groups in total. The number of rotatable bonds is 5. The average molecular weight is 318 g/mol. The van der Waals surface area contributed by atoms with Crippen molar-refractivity contribution >= 4 is 0 Å². The van der Waals surface area contributed by atoms with E-state index in [2.05, 4.69) is 22.4 Å². The summed E-state index contributed by atoms with van der Waals surface area (Å²) in [7, 11) is 1.57. The lowest BCUT2D eigenvalue weighted by molar-refractivity contribution is 0.00218. The Bertz CT molecular complexity index is 797. The maximum absolute atomic E-state index is 8.88. The smallest absolute Gasteiger partial charge is 0.201 e. The Hall–Kier alpha value is -3.02. The molecule has 2 aromatic carbocycles. The second kappa shape index (κ2) is 7.50. The van der Waals surface area contributed by atoms with E-state index in [0.717, 1.165) is 11.1 Å². The fourth-order valence-corrected chi connectivity index (χ4v) is 2.17. The van der Waals surface area contributed by atoms with Gasteiger partial charge in [-0.25, -0.2) is 0 Å². The van der Waals surface area contributed by atoms with Crippen LogP contribution in [0.2, 0.25) is 0 Å². The van der Waals surface area contributed by atoms with Crippen LogP contribution in [0.3, 0.4) is 0 Å².